The van der Waals surface area contributed by atoms with Crippen LogP contribution in [0.25, 0.3) is 10.9 Å². The summed E-state index contributed by atoms with van der Waals surface area (Å²) in [7, 11) is -2.31. The highest BCUT2D eigenvalue weighted by atomic mass is 31.1. The van der Waals surface area contributed by atoms with E-state index in [2.05, 4.69) is 10.1 Å². The van der Waals surface area contributed by atoms with E-state index in [9.17, 15) is 9.36 Å². The Kier molecular flexibility index (Phi) is 3.18. The predicted molar refractivity (Wildman–Crippen MR) is 75.4 cm³/mol. The molecule has 6 nitrogen and oxygen atoms in total. The Morgan fingerprint density at radius 1 is 1.25 bits per heavy atom. The second-order valence-corrected chi connectivity index (χ2v) is 5.41. The van der Waals surface area contributed by atoms with Crippen LogP contribution in [0.15, 0.2) is 47.5 Å². The van der Waals surface area contributed by atoms with Gasteiger partial charge in [-0.1, -0.05) is 12.1 Å². The molecule has 2 N–H and O–H groups in total. The van der Waals surface area contributed by atoms with E-state index < -0.39 is 8.03 Å². The molecule has 0 saturated heterocycles. The summed E-state index contributed by atoms with van der Waals surface area (Å²) in [5.74, 6) is 0. The zero-order chi connectivity index (χ0) is 14.1. The van der Waals surface area contributed by atoms with Crippen molar-refractivity contribution in [2.24, 2.45) is 0 Å². The lowest BCUT2D eigenvalue weighted by Crippen LogP contribution is -2.06. The van der Waals surface area contributed by atoms with Crippen LogP contribution in [0.1, 0.15) is 5.56 Å². The van der Waals surface area contributed by atoms with E-state index in [1.165, 1.54) is 6.20 Å². The Balaban J connectivity index is 1.95. The smallest absolute Gasteiger partial charge is 0.328 e. The van der Waals surface area contributed by atoms with Crippen molar-refractivity contribution in [3.8, 4) is 0 Å². The molecule has 0 saturated carbocycles. The summed E-state index contributed by atoms with van der Waals surface area (Å²) in [6, 6.07) is 8.58. The zero-order valence-corrected chi connectivity index (χ0v) is 11.2. The summed E-state index contributed by atoms with van der Waals surface area (Å²) >= 11 is 0. The minimum absolute atomic E-state index is 0.165. The maximum Gasteiger partial charge on any atom is 0.546 e. The third kappa shape index (κ3) is 2.27. The van der Waals surface area contributed by atoms with Gasteiger partial charge in [0.25, 0.3) is 5.56 Å². The molecule has 0 aliphatic carbocycles. The van der Waals surface area contributed by atoms with Crippen molar-refractivity contribution in [1.29, 1.82) is 0 Å². The van der Waals surface area contributed by atoms with E-state index in [-0.39, 0.29) is 5.56 Å². The van der Waals surface area contributed by atoms with Gasteiger partial charge in [-0.25, -0.2) is 0 Å². The fraction of sp³-hybridized carbons (Fsp3) is 0.0769. The lowest BCUT2D eigenvalue weighted by Gasteiger charge is -2.03. The summed E-state index contributed by atoms with van der Waals surface area (Å²) in [4.78, 5) is 23.2. The topological polar surface area (TPSA) is 88.0 Å². The van der Waals surface area contributed by atoms with Gasteiger partial charge in [0.1, 0.15) is 0 Å². The molecule has 0 amide bonds. The summed E-state index contributed by atoms with van der Waals surface area (Å²) in [6.07, 6.45) is 3.12. The minimum atomic E-state index is -2.31. The lowest BCUT2D eigenvalue weighted by atomic mass is 10.2. The van der Waals surface area contributed by atoms with Crippen molar-refractivity contribution in [2.75, 3.05) is 0 Å². The van der Waals surface area contributed by atoms with Crippen LogP contribution >= 0.6 is 8.03 Å². The van der Waals surface area contributed by atoms with Gasteiger partial charge in [-0.2, -0.15) is 9.99 Å². The molecular weight excluding hydrogens is 277 g/mol. The fourth-order valence-electron chi connectivity index (χ4n) is 2.05. The Hall–Kier alpha value is -2.30. The molecule has 0 fully saturated rings. The Bertz CT molecular complexity index is 836. The summed E-state index contributed by atoms with van der Waals surface area (Å²) < 4.78 is 12.7. The molecule has 1 unspecified atom stereocenters. The van der Waals surface area contributed by atoms with E-state index >= 15 is 0 Å². The molecular formula is C13H11N3O3P+. The minimum Gasteiger partial charge on any atom is -0.328 e. The van der Waals surface area contributed by atoms with E-state index in [1.54, 1.807) is 41.2 Å². The highest BCUT2D eigenvalue weighted by molar-refractivity contribution is 7.47. The van der Waals surface area contributed by atoms with E-state index in [0.717, 1.165) is 11.1 Å². The van der Waals surface area contributed by atoms with Gasteiger partial charge in [0.2, 0.25) is 5.30 Å². The van der Waals surface area contributed by atoms with E-state index in [1.807, 2.05) is 0 Å². The van der Waals surface area contributed by atoms with E-state index in [0.29, 0.717) is 17.2 Å². The van der Waals surface area contributed by atoms with Gasteiger partial charge in [0, 0.05) is 6.20 Å². The van der Waals surface area contributed by atoms with Gasteiger partial charge in [0.15, 0.2) is 0 Å². The van der Waals surface area contributed by atoms with Crippen LogP contribution in [0.5, 0.6) is 0 Å². The number of benzene rings is 1. The maximum atomic E-state index is 11.6. The summed E-state index contributed by atoms with van der Waals surface area (Å²) in [5, 5.41) is 5.14. The van der Waals surface area contributed by atoms with Crippen LogP contribution in [-0.2, 0) is 11.1 Å². The standard InChI is InChI=1S/C13H10N3O3P/c17-13-11-7-15-16(12(11)5-6-14-13)8-9-1-3-10(4-2-9)20(18)19/h1-7H,8H2,(H-,14,15,17,18,19)/p+1. The molecule has 0 aliphatic heterocycles. The Morgan fingerprint density at radius 3 is 2.70 bits per heavy atom. The summed E-state index contributed by atoms with van der Waals surface area (Å²) in [6.45, 7) is 0.495. The predicted octanol–water partition coefficient (Wildman–Crippen LogP) is 1.13. The molecule has 0 radical (unpaired) electrons. The van der Waals surface area contributed by atoms with Crippen molar-refractivity contribution in [3.05, 3.63) is 58.6 Å². The molecule has 2 heterocycles. The Labute approximate surface area is 114 Å². The first-order chi connectivity index (χ1) is 9.65. The summed E-state index contributed by atoms with van der Waals surface area (Å²) in [5.41, 5.74) is 1.53. The largest absolute Gasteiger partial charge is 0.546 e. The number of aromatic nitrogens is 3. The third-order valence-electron chi connectivity index (χ3n) is 3.07. The molecule has 0 aliphatic rings. The molecule has 7 heteroatoms. The highest BCUT2D eigenvalue weighted by Crippen LogP contribution is 2.14. The van der Waals surface area contributed by atoms with Crippen LogP contribution in [0.3, 0.4) is 0 Å². The van der Waals surface area contributed by atoms with Crippen LogP contribution in [0.4, 0.5) is 0 Å². The van der Waals surface area contributed by atoms with Gasteiger partial charge >= 0.3 is 8.03 Å². The molecule has 0 bridgehead atoms. The van der Waals surface area contributed by atoms with Crippen molar-refractivity contribution in [1.82, 2.24) is 14.8 Å². The molecule has 3 rings (SSSR count). The number of nitrogens with one attached hydrogen (secondary N) is 1. The molecule has 20 heavy (non-hydrogen) atoms. The molecule has 1 aromatic carbocycles. The highest BCUT2D eigenvalue weighted by Gasteiger charge is 2.15. The van der Waals surface area contributed by atoms with Crippen LogP contribution in [0, 0.1) is 0 Å². The van der Waals surface area contributed by atoms with Gasteiger partial charge in [0.05, 0.1) is 23.6 Å². The number of pyridine rings is 1. The average Bonchev–Trinajstić information content (AvgIpc) is 2.84. The number of hydrogen-bond acceptors (Lipinski definition) is 3. The number of hydrogen-bond donors (Lipinski definition) is 2. The van der Waals surface area contributed by atoms with E-state index in [4.69, 9.17) is 4.89 Å². The number of H-pyrrole nitrogens is 1. The third-order valence-corrected chi connectivity index (χ3v) is 3.81. The van der Waals surface area contributed by atoms with Crippen molar-refractivity contribution >= 4 is 24.2 Å². The lowest BCUT2D eigenvalue weighted by molar-refractivity contribution is 0.513. The first-order valence-electron chi connectivity index (χ1n) is 5.93. The fourth-order valence-corrected chi connectivity index (χ4v) is 2.45. The second-order valence-electron chi connectivity index (χ2n) is 4.35. The first-order valence-corrected chi connectivity index (χ1v) is 7.14. The molecule has 3 aromatic rings. The normalized spacial score (nSPS) is 11.8. The molecule has 0 spiro atoms. The molecule has 1 atom stereocenters. The van der Waals surface area contributed by atoms with Gasteiger partial charge in [-0.05, 0) is 28.3 Å². The number of nitrogens with zero attached hydrogens (tertiary/aromatic N) is 2. The second kappa shape index (κ2) is 5.00. The Morgan fingerprint density at radius 2 is 2.00 bits per heavy atom. The van der Waals surface area contributed by atoms with Crippen LogP contribution in [0.2, 0.25) is 0 Å². The molecule has 2 aromatic heterocycles. The first kappa shape index (κ1) is 12.7. The van der Waals surface area contributed by atoms with Crippen molar-refractivity contribution < 1.29 is 9.46 Å². The quantitative estimate of drug-likeness (QED) is 0.707. The zero-order valence-electron chi connectivity index (χ0n) is 10.4. The van der Waals surface area contributed by atoms with Crippen LogP contribution in [-0.4, -0.2) is 19.7 Å². The number of fused-ring (bicyclic) bond motifs is 1. The SMILES string of the molecule is O=c1[nH]ccc2c1cnn2Cc1ccc([P+](=O)O)cc1. The maximum absolute atomic E-state index is 11.6. The average molecular weight is 288 g/mol. The molecule has 100 valence electrons. The number of aromatic amines is 1. The van der Waals surface area contributed by atoms with Crippen molar-refractivity contribution in [3.63, 3.8) is 0 Å². The van der Waals surface area contributed by atoms with Gasteiger partial charge < -0.3 is 4.98 Å². The number of rotatable bonds is 3. The van der Waals surface area contributed by atoms with Crippen molar-refractivity contribution in [2.45, 2.75) is 6.54 Å². The van der Waals surface area contributed by atoms with Gasteiger partial charge in [-0.3, -0.25) is 9.48 Å². The monoisotopic (exact) mass is 288 g/mol. The van der Waals surface area contributed by atoms with Gasteiger partial charge in [-0.15, -0.1) is 0 Å². The van der Waals surface area contributed by atoms with Crippen LogP contribution < -0.4 is 10.9 Å².